The molecule has 2 rings (SSSR count). The highest BCUT2D eigenvalue weighted by molar-refractivity contribution is 6.33. The fourth-order valence-electron chi connectivity index (χ4n) is 2.24. The zero-order chi connectivity index (χ0) is 15.6. The number of hydrogen-bond donors (Lipinski definition) is 0. The molecule has 4 nitrogen and oxygen atoms in total. The first-order chi connectivity index (χ1) is 9.77. The number of hydrogen-bond acceptors (Lipinski definition) is 4. The van der Waals surface area contributed by atoms with Gasteiger partial charge in [-0.1, -0.05) is 11.6 Å². The number of piperidine rings is 1. The third-order valence-corrected chi connectivity index (χ3v) is 3.50. The smallest absolute Gasteiger partial charge is 0.417 e. The molecule has 0 aromatic carbocycles. The average molecular weight is 323 g/mol. The Balaban J connectivity index is 2.05. The van der Waals surface area contributed by atoms with E-state index in [-0.39, 0.29) is 17.1 Å². The van der Waals surface area contributed by atoms with Crippen molar-refractivity contribution < 1.29 is 22.7 Å². The molecule has 1 fully saturated rings. The molecule has 1 aromatic rings. The number of aromatic nitrogens is 1. The topological polar surface area (TPSA) is 42.4 Å². The van der Waals surface area contributed by atoms with Crippen LogP contribution in [-0.2, 0) is 15.7 Å². The second-order valence-electron chi connectivity index (χ2n) is 4.82. The Hall–Kier alpha value is -1.50. The molecule has 1 aromatic heterocycles. The molecule has 0 amide bonds. The van der Waals surface area contributed by atoms with Crippen molar-refractivity contribution in [2.45, 2.75) is 32.0 Å². The van der Waals surface area contributed by atoms with Crippen molar-refractivity contribution in [2.75, 3.05) is 18.0 Å². The number of esters is 1. The lowest BCUT2D eigenvalue weighted by molar-refractivity contribution is -0.147. The Labute approximate surface area is 124 Å². The minimum absolute atomic E-state index is 0.0317. The molecule has 0 saturated carbocycles. The number of anilines is 1. The molecular formula is C13H14ClF3N2O2. The number of pyridine rings is 1. The molecule has 2 heterocycles. The average Bonchev–Trinajstić information content (AvgIpc) is 2.38. The zero-order valence-corrected chi connectivity index (χ0v) is 12.0. The number of alkyl halides is 3. The van der Waals surface area contributed by atoms with Gasteiger partial charge in [-0.15, -0.1) is 0 Å². The molecule has 1 aliphatic rings. The van der Waals surface area contributed by atoms with Gasteiger partial charge in [0.2, 0.25) is 0 Å². The second kappa shape index (κ2) is 6.09. The Morgan fingerprint density at radius 3 is 2.52 bits per heavy atom. The standard InChI is InChI=1S/C13H14ClF3N2O2/c1-8(20)21-10-2-4-19(5-3-10)12-11(14)6-9(7-18-12)13(15,16)17/h6-7,10H,2-5H2,1H3. The lowest BCUT2D eigenvalue weighted by Gasteiger charge is -2.32. The van der Waals surface area contributed by atoms with E-state index >= 15 is 0 Å². The molecule has 0 bridgehead atoms. The summed E-state index contributed by atoms with van der Waals surface area (Å²) in [6.07, 6.45) is -2.65. The number of rotatable bonds is 2. The lowest BCUT2D eigenvalue weighted by atomic mass is 10.1. The highest BCUT2D eigenvalue weighted by Gasteiger charge is 2.32. The van der Waals surface area contributed by atoms with E-state index in [1.807, 2.05) is 0 Å². The van der Waals surface area contributed by atoms with Crippen molar-refractivity contribution in [2.24, 2.45) is 0 Å². The SMILES string of the molecule is CC(=O)OC1CCN(c2ncc(C(F)(F)F)cc2Cl)CC1. The maximum atomic E-state index is 12.6. The van der Waals surface area contributed by atoms with Crippen molar-refractivity contribution >= 4 is 23.4 Å². The van der Waals surface area contributed by atoms with Crippen molar-refractivity contribution in [1.82, 2.24) is 4.98 Å². The van der Waals surface area contributed by atoms with Gasteiger partial charge in [0.1, 0.15) is 11.9 Å². The van der Waals surface area contributed by atoms with Crippen LogP contribution in [0, 0.1) is 0 Å². The lowest BCUT2D eigenvalue weighted by Crippen LogP contribution is -2.38. The summed E-state index contributed by atoms with van der Waals surface area (Å²) < 4.78 is 42.8. The van der Waals surface area contributed by atoms with Gasteiger partial charge in [0.05, 0.1) is 10.6 Å². The quantitative estimate of drug-likeness (QED) is 0.784. The molecule has 0 aliphatic carbocycles. The van der Waals surface area contributed by atoms with Crippen LogP contribution < -0.4 is 4.90 Å². The summed E-state index contributed by atoms with van der Waals surface area (Å²) in [5.41, 5.74) is -0.869. The van der Waals surface area contributed by atoms with E-state index in [2.05, 4.69) is 4.98 Å². The second-order valence-corrected chi connectivity index (χ2v) is 5.23. The van der Waals surface area contributed by atoms with Crippen LogP contribution in [0.3, 0.4) is 0 Å². The number of halogens is 4. The Morgan fingerprint density at radius 1 is 1.43 bits per heavy atom. The van der Waals surface area contributed by atoms with Gasteiger partial charge in [0.15, 0.2) is 0 Å². The highest BCUT2D eigenvalue weighted by Crippen LogP contribution is 2.34. The molecule has 0 radical (unpaired) electrons. The molecule has 0 atom stereocenters. The Bertz CT molecular complexity index is 529. The van der Waals surface area contributed by atoms with Crippen LogP contribution in [-0.4, -0.2) is 30.1 Å². The van der Waals surface area contributed by atoms with E-state index in [0.29, 0.717) is 31.7 Å². The molecule has 1 saturated heterocycles. The summed E-state index contributed by atoms with van der Waals surface area (Å²) in [5, 5.41) is -0.0317. The van der Waals surface area contributed by atoms with E-state index in [4.69, 9.17) is 16.3 Å². The van der Waals surface area contributed by atoms with E-state index in [9.17, 15) is 18.0 Å². The van der Waals surface area contributed by atoms with Crippen molar-refractivity contribution in [3.63, 3.8) is 0 Å². The third-order valence-electron chi connectivity index (χ3n) is 3.22. The van der Waals surface area contributed by atoms with Crippen molar-refractivity contribution in [3.8, 4) is 0 Å². The maximum absolute atomic E-state index is 12.6. The highest BCUT2D eigenvalue weighted by atomic mass is 35.5. The predicted octanol–water partition coefficient (Wildman–Crippen LogP) is 3.29. The maximum Gasteiger partial charge on any atom is 0.417 e. The largest absolute Gasteiger partial charge is 0.462 e. The first-order valence-electron chi connectivity index (χ1n) is 6.42. The minimum atomic E-state index is -4.46. The summed E-state index contributed by atoms with van der Waals surface area (Å²) in [7, 11) is 0. The summed E-state index contributed by atoms with van der Waals surface area (Å²) in [5.74, 6) is -0.00919. The van der Waals surface area contributed by atoms with Gasteiger partial charge >= 0.3 is 12.1 Å². The summed E-state index contributed by atoms with van der Waals surface area (Å²) in [6.45, 7) is 2.40. The van der Waals surface area contributed by atoms with Crippen LogP contribution in [0.4, 0.5) is 19.0 Å². The molecule has 116 valence electrons. The minimum Gasteiger partial charge on any atom is -0.462 e. The van der Waals surface area contributed by atoms with Crippen LogP contribution in [0.2, 0.25) is 5.02 Å². The fourth-order valence-corrected chi connectivity index (χ4v) is 2.52. The van der Waals surface area contributed by atoms with Gasteiger partial charge in [-0.05, 0) is 6.07 Å². The van der Waals surface area contributed by atoms with Gasteiger partial charge < -0.3 is 9.64 Å². The van der Waals surface area contributed by atoms with E-state index in [1.165, 1.54) is 6.92 Å². The van der Waals surface area contributed by atoms with Gasteiger partial charge in [0.25, 0.3) is 0 Å². The van der Waals surface area contributed by atoms with Gasteiger partial charge in [-0.3, -0.25) is 4.79 Å². The van der Waals surface area contributed by atoms with Gasteiger partial charge in [0, 0.05) is 39.1 Å². The number of carbonyl (C=O) groups is 1. The van der Waals surface area contributed by atoms with Gasteiger partial charge in [-0.25, -0.2) is 4.98 Å². The van der Waals surface area contributed by atoms with Crippen molar-refractivity contribution in [1.29, 1.82) is 0 Å². The monoisotopic (exact) mass is 322 g/mol. The number of nitrogens with zero attached hydrogens (tertiary/aromatic N) is 2. The van der Waals surface area contributed by atoms with Crippen LogP contribution in [0.25, 0.3) is 0 Å². The first-order valence-corrected chi connectivity index (χ1v) is 6.80. The normalized spacial score (nSPS) is 16.9. The number of carbonyl (C=O) groups excluding carboxylic acids is 1. The van der Waals surface area contributed by atoms with E-state index < -0.39 is 11.7 Å². The Kier molecular flexibility index (Phi) is 4.61. The Morgan fingerprint density at radius 2 is 2.05 bits per heavy atom. The molecule has 0 spiro atoms. The molecule has 0 N–H and O–H groups in total. The molecule has 8 heteroatoms. The molecule has 21 heavy (non-hydrogen) atoms. The van der Waals surface area contributed by atoms with E-state index in [1.54, 1.807) is 4.90 Å². The first kappa shape index (κ1) is 15.9. The zero-order valence-electron chi connectivity index (χ0n) is 11.3. The summed E-state index contributed by atoms with van der Waals surface area (Å²) in [4.78, 5) is 16.5. The summed E-state index contributed by atoms with van der Waals surface area (Å²) >= 11 is 5.90. The summed E-state index contributed by atoms with van der Waals surface area (Å²) in [6, 6.07) is 0.877. The van der Waals surface area contributed by atoms with Gasteiger partial charge in [-0.2, -0.15) is 13.2 Å². The van der Waals surface area contributed by atoms with Crippen LogP contribution in [0.5, 0.6) is 0 Å². The third kappa shape index (κ3) is 4.00. The van der Waals surface area contributed by atoms with Crippen molar-refractivity contribution in [3.05, 3.63) is 22.8 Å². The van der Waals surface area contributed by atoms with Crippen LogP contribution in [0.15, 0.2) is 12.3 Å². The number of ether oxygens (including phenoxy) is 1. The van der Waals surface area contributed by atoms with E-state index in [0.717, 1.165) is 12.3 Å². The van der Waals surface area contributed by atoms with Crippen LogP contribution >= 0.6 is 11.6 Å². The molecular weight excluding hydrogens is 309 g/mol. The van der Waals surface area contributed by atoms with Crippen LogP contribution in [0.1, 0.15) is 25.3 Å². The molecule has 1 aliphatic heterocycles. The molecule has 0 unspecified atom stereocenters. The fraction of sp³-hybridized carbons (Fsp3) is 0.538. The predicted molar refractivity (Wildman–Crippen MR) is 71.3 cm³/mol.